The topological polar surface area (TPSA) is 149 Å². The lowest BCUT2D eigenvalue weighted by Gasteiger charge is -2.33. The molecule has 0 spiro atoms. The van der Waals surface area contributed by atoms with Gasteiger partial charge < -0.3 is 20.3 Å². The number of rotatable bonds is 7. The van der Waals surface area contributed by atoms with E-state index in [0.717, 1.165) is 12.0 Å². The average molecular weight is 544 g/mol. The quantitative estimate of drug-likeness (QED) is 0.240. The summed E-state index contributed by atoms with van der Waals surface area (Å²) < 4.78 is 72.4. The Labute approximate surface area is 212 Å². The summed E-state index contributed by atoms with van der Waals surface area (Å²) in [4.78, 5) is 30.0. The Balaban J connectivity index is 1.57. The zero-order valence-corrected chi connectivity index (χ0v) is 20.1. The molecule has 2 atom stereocenters. The van der Waals surface area contributed by atoms with Crippen molar-refractivity contribution in [3.8, 4) is 0 Å². The van der Waals surface area contributed by atoms with Gasteiger partial charge in [0, 0.05) is 19.4 Å². The molecule has 0 radical (unpaired) electrons. The van der Waals surface area contributed by atoms with Crippen LogP contribution >= 0.6 is 0 Å². The lowest BCUT2D eigenvalue weighted by molar-refractivity contribution is -0.149. The first kappa shape index (κ1) is 27.2. The van der Waals surface area contributed by atoms with Gasteiger partial charge in [-0.25, -0.2) is 23.1 Å². The molecule has 2 aliphatic rings. The maximum atomic E-state index is 13.8. The molecule has 2 aromatic heterocycles. The monoisotopic (exact) mass is 544 g/mol. The number of halogens is 5. The molecule has 16 heteroatoms. The van der Waals surface area contributed by atoms with Crippen LogP contribution in [0.15, 0.2) is 18.5 Å². The largest absolute Gasteiger partial charge is 0.480 e. The highest BCUT2D eigenvalue weighted by Gasteiger charge is 2.47. The zero-order valence-electron chi connectivity index (χ0n) is 20.1. The normalized spacial score (nSPS) is 20.7. The second-order valence-electron chi connectivity index (χ2n) is 9.31. The minimum Gasteiger partial charge on any atom is -0.480 e. The van der Waals surface area contributed by atoms with Crippen molar-refractivity contribution in [1.29, 1.82) is 10.8 Å². The van der Waals surface area contributed by atoms with Gasteiger partial charge in [0.25, 0.3) is 5.91 Å². The van der Waals surface area contributed by atoms with E-state index in [4.69, 9.17) is 10.8 Å². The smallest absolute Gasteiger partial charge is 0.410 e. The van der Waals surface area contributed by atoms with Crippen LogP contribution in [0.25, 0.3) is 5.65 Å². The molecule has 3 heterocycles. The molecule has 1 aliphatic heterocycles. The average Bonchev–Trinajstić information content (AvgIpc) is 3.44. The maximum Gasteiger partial charge on any atom is 0.410 e. The van der Waals surface area contributed by atoms with Crippen LogP contribution in [0.2, 0.25) is 0 Å². The summed E-state index contributed by atoms with van der Waals surface area (Å²) >= 11 is 0. The zero-order chi connectivity index (χ0) is 27.8. The maximum absolute atomic E-state index is 13.8. The van der Waals surface area contributed by atoms with Gasteiger partial charge >= 0.3 is 12.2 Å². The van der Waals surface area contributed by atoms with E-state index >= 15 is 0 Å². The number of nitrogens with one attached hydrogen (secondary N) is 4. The first-order valence-corrected chi connectivity index (χ1v) is 11.6. The highest BCUT2D eigenvalue weighted by molar-refractivity contribution is 6.63. The van der Waals surface area contributed by atoms with Gasteiger partial charge in [-0.3, -0.25) is 15.6 Å². The molecular formula is C22H25F5N8O3. The second kappa shape index (κ2) is 10.1. The number of methoxy groups -OCH3 is 1. The van der Waals surface area contributed by atoms with Crippen molar-refractivity contribution in [3.05, 3.63) is 29.7 Å². The molecule has 1 saturated heterocycles. The lowest BCUT2D eigenvalue weighted by Crippen LogP contribution is -2.42. The Hall–Kier alpha value is -3.85. The molecule has 0 bridgehead atoms. The van der Waals surface area contributed by atoms with E-state index < -0.39 is 60.2 Å². The third kappa shape index (κ3) is 5.83. The number of carbonyl (C=O) groups excluding carboxylic acids is 2. The fourth-order valence-electron chi connectivity index (χ4n) is 4.55. The molecule has 0 unspecified atom stereocenters. The van der Waals surface area contributed by atoms with E-state index in [0.29, 0.717) is 5.56 Å². The van der Waals surface area contributed by atoms with Crippen LogP contribution in [0.5, 0.6) is 0 Å². The highest BCUT2D eigenvalue weighted by atomic mass is 19.4. The molecule has 2 fully saturated rings. The Morgan fingerprint density at radius 2 is 2.00 bits per heavy atom. The molecule has 2 aromatic rings. The van der Waals surface area contributed by atoms with E-state index in [2.05, 4.69) is 20.1 Å². The minimum atomic E-state index is -4.58. The van der Waals surface area contributed by atoms with Crippen molar-refractivity contribution < 1.29 is 36.3 Å². The Morgan fingerprint density at radius 1 is 1.32 bits per heavy atom. The van der Waals surface area contributed by atoms with E-state index in [1.165, 1.54) is 23.0 Å². The fourth-order valence-corrected chi connectivity index (χ4v) is 4.55. The summed E-state index contributed by atoms with van der Waals surface area (Å²) in [5, 5.41) is 24.0. The second-order valence-corrected chi connectivity index (χ2v) is 9.31. The van der Waals surface area contributed by atoms with Gasteiger partial charge in [0.05, 0.1) is 37.8 Å². The molecule has 3 amide bonds. The summed E-state index contributed by atoms with van der Waals surface area (Å²) in [6, 6.07) is -2.21. The standard InChI is InChI=1S/C22H25F5N8O3/c1-38-18(29)16(28)19(36)33-17(12-2-4-21(23,24)5-3-12)13-9-35-15(31-13)6-11(7-30-35)8-34-10-14(22(25,26)27)32-20(34)37/h6-7,9,12,14,17,28-29H,2-5,8,10H2,1H3,(H,32,37)(H,33,36)/t14-,17-/m0/s1. The van der Waals surface area contributed by atoms with Crippen molar-refractivity contribution in [3.63, 3.8) is 0 Å². The molecule has 38 heavy (non-hydrogen) atoms. The van der Waals surface area contributed by atoms with Gasteiger partial charge in [-0.1, -0.05) is 0 Å². The molecule has 4 N–H and O–H groups in total. The number of urea groups is 1. The van der Waals surface area contributed by atoms with Crippen molar-refractivity contribution in [1.82, 2.24) is 30.1 Å². The number of hydrogen-bond acceptors (Lipinski definition) is 7. The van der Waals surface area contributed by atoms with Gasteiger partial charge in [0.15, 0.2) is 11.4 Å². The molecule has 1 aliphatic carbocycles. The molecule has 11 nitrogen and oxygen atoms in total. The SMILES string of the molecule is COC(=N)C(=N)C(=O)N[C@H](c1cn2ncc(CN3C[C@@H](C(F)(F)F)NC3=O)cc2n1)C1CCC(F)(F)CC1. The van der Waals surface area contributed by atoms with E-state index in [-0.39, 0.29) is 43.6 Å². The van der Waals surface area contributed by atoms with E-state index in [1.54, 1.807) is 0 Å². The third-order valence-corrected chi connectivity index (χ3v) is 6.65. The fraction of sp³-hybridized carbons (Fsp3) is 0.545. The number of imidazole rings is 1. The molecule has 4 rings (SSSR count). The summed E-state index contributed by atoms with van der Waals surface area (Å²) in [6.07, 6.45) is -2.37. The number of fused-ring (bicyclic) bond motifs is 1. The number of nitrogens with zero attached hydrogens (tertiary/aromatic N) is 4. The number of hydrogen-bond donors (Lipinski definition) is 4. The number of aromatic nitrogens is 3. The van der Waals surface area contributed by atoms with Gasteiger partial charge in [-0.05, 0) is 30.4 Å². The lowest BCUT2D eigenvalue weighted by atomic mass is 9.81. The van der Waals surface area contributed by atoms with Crippen LogP contribution in [0.1, 0.15) is 43.0 Å². The number of carbonyl (C=O) groups is 2. The van der Waals surface area contributed by atoms with Gasteiger partial charge in [0.1, 0.15) is 6.04 Å². The van der Waals surface area contributed by atoms with Crippen molar-refractivity contribution in [2.24, 2.45) is 5.92 Å². The van der Waals surface area contributed by atoms with Crippen molar-refractivity contribution >= 4 is 29.2 Å². The van der Waals surface area contributed by atoms with Crippen LogP contribution in [0.3, 0.4) is 0 Å². The Morgan fingerprint density at radius 3 is 2.61 bits per heavy atom. The predicted molar refractivity (Wildman–Crippen MR) is 122 cm³/mol. The first-order chi connectivity index (χ1) is 17.8. The van der Waals surface area contributed by atoms with Gasteiger partial charge in [-0.2, -0.15) is 18.3 Å². The van der Waals surface area contributed by atoms with Crippen LogP contribution in [0.4, 0.5) is 26.7 Å². The van der Waals surface area contributed by atoms with Crippen molar-refractivity contribution in [2.45, 2.75) is 56.4 Å². The highest BCUT2D eigenvalue weighted by Crippen LogP contribution is 2.41. The van der Waals surface area contributed by atoms with Crippen LogP contribution < -0.4 is 10.6 Å². The van der Waals surface area contributed by atoms with Crippen LogP contribution in [-0.4, -0.2) is 74.8 Å². The number of ether oxygens (including phenoxy) is 1. The van der Waals surface area contributed by atoms with E-state index in [9.17, 15) is 31.5 Å². The van der Waals surface area contributed by atoms with E-state index in [1.807, 2.05) is 5.32 Å². The van der Waals surface area contributed by atoms with Crippen molar-refractivity contribution in [2.75, 3.05) is 13.7 Å². The van der Waals surface area contributed by atoms with Crippen LogP contribution in [-0.2, 0) is 16.1 Å². The van der Waals surface area contributed by atoms with Gasteiger partial charge in [-0.15, -0.1) is 0 Å². The number of alkyl halides is 5. The molecule has 1 saturated carbocycles. The van der Waals surface area contributed by atoms with Crippen LogP contribution in [0, 0.1) is 16.7 Å². The molecular weight excluding hydrogens is 519 g/mol. The Kier molecular flexibility index (Phi) is 7.25. The Bertz CT molecular complexity index is 1250. The van der Waals surface area contributed by atoms with Gasteiger partial charge in [0.2, 0.25) is 11.8 Å². The summed E-state index contributed by atoms with van der Waals surface area (Å²) in [6.45, 7) is -0.714. The summed E-state index contributed by atoms with van der Waals surface area (Å²) in [5.74, 6) is -4.88. The first-order valence-electron chi connectivity index (χ1n) is 11.6. The third-order valence-electron chi connectivity index (χ3n) is 6.65. The minimum absolute atomic E-state index is 0.0734. The summed E-state index contributed by atoms with van der Waals surface area (Å²) in [5.41, 5.74) is 0.181. The molecule has 0 aromatic carbocycles. The summed E-state index contributed by atoms with van der Waals surface area (Å²) in [7, 11) is 1.13. The number of amides is 3. The predicted octanol–water partition coefficient (Wildman–Crippen LogP) is 2.81. The molecule has 206 valence electrons.